The Balaban J connectivity index is 2.07. The number of hydrogen-bond acceptors (Lipinski definition) is 6. The number of aromatic nitrogens is 2. The molecule has 1 aromatic carbocycles. The average molecular weight is 340 g/mol. The third kappa shape index (κ3) is 3.13. The molecular formula is C18H20N4O3. The summed E-state index contributed by atoms with van der Waals surface area (Å²) >= 11 is 0. The Labute approximate surface area is 145 Å². The molecule has 2 aromatic heterocycles. The number of nitrogens with one attached hydrogen (secondary N) is 1. The number of anilines is 2. The summed E-state index contributed by atoms with van der Waals surface area (Å²) in [6.45, 7) is 5.77. The van der Waals surface area contributed by atoms with E-state index in [2.05, 4.69) is 15.5 Å². The number of carbonyl (C=O) groups is 1. The topological polar surface area (TPSA) is 103 Å². The molecule has 0 saturated carbocycles. The first-order valence-corrected chi connectivity index (χ1v) is 7.92. The molecule has 25 heavy (non-hydrogen) atoms. The number of carbonyl (C=O) groups excluding carboxylic acids is 1. The highest BCUT2D eigenvalue weighted by atomic mass is 16.5. The Kier molecular flexibility index (Phi) is 4.31. The molecule has 3 rings (SSSR count). The molecule has 0 aliphatic heterocycles. The van der Waals surface area contributed by atoms with Gasteiger partial charge in [-0.3, -0.25) is 4.79 Å². The fourth-order valence-electron chi connectivity index (χ4n) is 2.63. The number of nitrogens with zero attached hydrogens (tertiary/aromatic N) is 2. The van der Waals surface area contributed by atoms with Crippen molar-refractivity contribution in [2.45, 2.75) is 26.7 Å². The van der Waals surface area contributed by atoms with Gasteiger partial charge in [-0.05, 0) is 31.0 Å². The van der Waals surface area contributed by atoms with Crippen LogP contribution >= 0.6 is 0 Å². The number of nitrogen functional groups attached to an aromatic ring is 1. The van der Waals surface area contributed by atoms with E-state index in [0.717, 1.165) is 0 Å². The van der Waals surface area contributed by atoms with Crippen LogP contribution in [0.15, 0.2) is 28.8 Å². The third-order valence-electron chi connectivity index (χ3n) is 3.90. The van der Waals surface area contributed by atoms with Gasteiger partial charge in [-0.15, -0.1) is 0 Å². The van der Waals surface area contributed by atoms with Crippen LogP contribution in [0.25, 0.3) is 11.1 Å². The van der Waals surface area contributed by atoms with Crippen molar-refractivity contribution >= 4 is 28.4 Å². The summed E-state index contributed by atoms with van der Waals surface area (Å²) in [7, 11) is 1.55. The maximum absolute atomic E-state index is 12.9. The number of hydrogen-bond donors (Lipinski definition) is 2. The summed E-state index contributed by atoms with van der Waals surface area (Å²) < 4.78 is 10.5. The normalized spacial score (nSPS) is 11.1. The second kappa shape index (κ2) is 6.43. The van der Waals surface area contributed by atoms with Crippen LogP contribution in [0.2, 0.25) is 0 Å². The highest BCUT2D eigenvalue weighted by Crippen LogP contribution is 2.29. The number of nitrogens with two attached hydrogens (primary N) is 1. The Bertz CT molecular complexity index is 947. The number of pyridine rings is 1. The fraction of sp³-hybridized carbons (Fsp3) is 0.278. The van der Waals surface area contributed by atoms with Crippen molar-refractivity contribution in [3.8, 4) is 5.75 Å². The number of rotatable bonds is 4. The number of ether oxygens (including phenoxy) is 1. The monoisotopic (exact) mass is 340 g/mol. The summed E-state index contributed by atoms with van der Waals surface area (Å²) in [6.07, 6.45) is 0. The molecule has 0 aliphatic carbocycles. The van der Waals surface area contributed by atoms with Crippen LogP contribution in [0.5, 0.6) is 5.75 Å². The lowest BCUT2D eigenvalue weighted by Crippen LogP contribution is -2.14. The van der Waals surface area contributed by atoms with E-state index < -0.39 is 0 Å². The lowest BCUT2D eigenvalue weighted by Gasteiger charge is -2.11. The number of amides is 1. The molecule has 3 aromatic rings. The molecule has 0 atom stereocenters. The van der Waals surface area contributed by atoms with Crippen LogP contribution in [-0.2, 0) is 0 Å². The quantitative estimate of drug-likeness (QED) is 0.705. The molecule has 0 radical (unpaired) electrons. The van der Waals surface area contributed by atoms with E-state index >= 15 is 0 Å². The Morgan fingerprint density at radius 2 is 2.08 bits per heavy atom. The third-order valence-corrected chi connectivity index (χ3v) is 3.90. The molecule has 2 heterocycles. The van der Waals surface area contributed by atoms with E-state index in [0.29, 0.717) is 45.2 Å². The molecular weight excluding hydrogens is 320 g/mol. The van der Waals surface area contributed by atoms with Crippen molar-refractivity contribution in [3.05, 3.63) is 41.2 Å². The van der Waals surface area contributed by atoms with E-state index in [4.69, 9.17) is 15.0 Å². The highest BCUT2D eigenvalue weighted by molar-refractivity contribution is 6.13. The van der Waals surface area contributed by atoms with Crippen LogP contribution < -0.4 is 15.8 Å². The number of methoxy groups -OCH3 is 1. The van der Waals surface area contributed by atoms with Gasteiger partial charge in [0.05, 0.1) is 35.1 Å². The summed E-state index contributed by atoms with van der Waals surface area (Å²) in [5.41, 5.74) is 9.07. The Hall–Kier alpha value is -3.09. The molecule has 0 aliphatic rings. The minimum Gasteiger partial charge on any atom is -0.497 e. The summed E-state index contributed by atoms with van der Waals surface area (Å²) in [6, 6.07) is 6.81. The zero-order valence-electron chi connectivity index (χ0n) is 14.6. The molecule has 0 spiro atoms. The van der Waals surface area contributed by atoms with Crippen molar-refractivity contribution in [2.75, 3.05) is 18.2 Å². The molecule has 0 saturated heterocycles. The van der Waals surface area contributed by atoms with E-state index in [1.807, 2.05) is 13.8 Å². The molecule has 7 nitrogen and oxygen atoms in total. The van der Waals surface area contributed by atoms with Crippen LogP contribution in [0.1, 0.15) is 41.5 Å². The molecule has 3 N–H and O–H groups in total. The van der Waals surface area contributed by atoms with Gasteiger partial charge in [0.25, 0.3) is 11.6 Å². The maximum atomic E-state index is 12.9. The van der Waals surface area contributed by atoms with Gasteiger partial charge in [-0.1, -0.05) is 19.0 Å². The predicted octanol–water partition coefficient (Wildman–Crippen LogP) is 3.50. The molecule has 130 valence electrons. The summed E-state index contributed by atoms with van der Waals surface area (Å²) in [5.74, 6) is 0.396. The lowest BCUT2D eigenvalue weighted by molar-refractivity contribution is 0.102. The van der Waals surface area contributed by atoms with Crippen LogP contribution in [0.4, 0.5) is 11.4 Å². The van der Waals surface area contributed by atoms with Gasteiger partial charge in [0.1, 0.15) is 5.75 Å². The average Bonchev–Trinajstić information content (AvgIpc) is 2.99. The number of aryl methyl sites for hydroxylation is 1. The fourth-order valence-corrected chi connectivity index (χ4v) is 2.63. The Morgan fingerprint density at radius 3 is 2.76 bits per heavy atom. The lowest BCUT2D eigenvalue weighted by atomic mass is 10.0. The minimum atomic E-state index is -0.305. The van der Waals surface area contributed by atoms with Gasteiger partial charge in [0, 0.05) is 11.8 Å². The van der Waals surface area contributed by atoms with E-state index in [1.54, 1.807) is 38.3 Å². The van der Waals surface area contributed by atoms with E-state index in [-0.39, 0.29) is 11.8 Å². The van der Waals surface area contributed by atoms with Crippen molar-refractivity contribution in [1.82, 2.24) is 10.1 Å². The zero-order chi connectivity index (χ0) is 18.1. The smallest absolute Gasteiger partial charge is 0.259 e. The van der Waals surface area contributed by atoms with Gasteiger partial charge in [-0.2, -0.15) is 0 Å². The summed E-state index contributed by atoms with van der Waals surface area (Å²) in [5, 5.41) is 7.53. The molecule has 0 fully saturated rings. The molecule has 0 bridgehead atoms. The van der Waals surface area contributed by atoms with Crippen LogP contribution in [0, 0.1) is 6.92 Å². The van der Waals surface area contributed by atoms with Gasteiger partial charge in [0.15, 0.2) is 0 Å². The first kappa shape index (κ1) is 16.8. The maximum Gasteiger partial charge on any atom is 0.259 e. The highest BCUT2D eigenvalue weighted by Gasteiger charge is 2.22. The van der Waals surface area contributed by atoms with Crippen LogP contribution in [0.3, 0.4) is 0 Å². The SMILES string of the molecule is COc1ccc(N)c(NC(=O)c2cc(C)nc3onc(C(C)C)c23)c1. The number of benzene rings is 1. The van der Waals surface area contributed by atoms with Gasteiger partial charge < -0.3 is 20.3 Å². The predicted molar refractivity (Wildman–Crippen MR) is 96.0 cm³/mol. The molecule has 7 heteroatoms. The van der Waals surface area contributed by atoms with Crippen molar-refractivity contribution < 1.29 is 14.1 Å². The first-order chi connectivity index (χ1) is 11.9. The van der Waals surface area contributed by atoms with Crippen molar-refractivity contribution in [3.63, 3.8) is 0 Å². The van der Waals surface area contributed by atoms with Crippen molar-refractivity contribution in [1.29, 1.82) is 0 Å². The van der Waals surface area contributed by atoms with Gasteiger partial charge >= 0.3 is 0 Å². The van der Waals surface area contributed by atoms with Gasteiger partial charge in [-0.25, -0.2) is 4.98 Å². The van der Waals surface area contributed by atoms with Crippen LogP contribution in [-0.4, -0.2) is 23.2 Å². The summed E-state index contributed by atoms with van der Waals surface area (Å²) in [4.78, 5) is 17.2. The van der Waals surface area contributed by atoms with Crippen molar-refractivity contribution in [2.24, 2.45) is 0 Å². The largest absolute Gasteiger partial charge is 0.497 e. The Morgan fingerprint density at radius 1 is 1.32 bits per heavy atom. The van der Waals surface area contributed by atoms with E-state index in [9.17, 15) is 4.79 Å². The molecule has 1 amide bonds. The molecule has 0 unspecified atom stereocenters. The van der Waals surface area contributed by atoms with E-state index in [1.165, 1.54) is 0 Å². The second-order valence-electron chi connectivity index (χ2n) is 6.12. The minimum absolute atomic E-state index is 0.0965. The zero-order valence-corrected chi connectivity index (χ0v) is 14.6. The standard InChI is InChI=1S/C18H20N4O3/c1-9(2)16-15-12(7-10(3)20-18(15)25-22-16)17(23)21-14-8-11(24-4)5-6-13(14)19/h5-9H,19H2,1-4H3,(H,21,23). The van der Waals surface area contributed by atoms with Gasteiger partial charge in [0.2, 0.25) is 0 Å². The second-order valence-corrected chi connectivity index (χ2v) is 6.12. The first-order valence-electron chi connectivity index (χ1n) is 7.92. The number of fused-ring (bicyclic) bond motifs is 1.